The second-order valence-electron chi connectivity index (χ2n) is 4.20. The molecule has 0 aliphatic carbocycles. The summed E-state index contributed by atoms with van der Waals surface area (Å²) in [6, 6.07) is 7.08. The summed E-state index contributed by atoms with van der Waals surface area (Å²) in [7, 11) is 0. The van der Waals surface area contributed by atoms with Crippen LogP contribution in [0.4, 0.5) is 5.13 Å². The van der Waals surface area contributed by atoms with Gasteiger partial charge in [0.1, 0.15) is 0 Å². The van der Waals surface area contributed by atoms with E-state index in [0.29, 0.717) is 17.2 Å². The van der Waals surface area contributed by atoms with Crippen LogP contribution < -0.4 is 11.1 Å². The van der Waals surface area contributed by atoms with Crippen molar-refractivity contribution in [2.24, 2.45) is 5.73 Å². The third-order valence-electron chi connectivity index (χ3n) is 2.73. The van der Waals surface area contributed by atoms with Crippen molar-refractivity contribution in [1.29, 1.82) is 0 Å². The summed E-state index contributed by atoms with van der Waals surface area (Å²) in [6.07, 6.45) is 0. The Morgan fingerprint density at radius 3 is 2.60 bits per heavy atom. The predicted molar refractivity (Wildman–Crippen MR) is 81.9 cm³/mol. The first-order chi connectivity index (χ1) is 9.60. The van der Waals surface area contributed by atoms with Crippen molar-refractivity contribution < 1.29 is 4.79 Å². The zero-order chi connectivity index (χ0) is 14.5. The molecule has 4 nitrogen and oxygen atoms in total. The molecule has 1 heterocycles. The first-order valence-corrected chi connectivity index (χ1v) is 6.96. The molecule has 1 aromatic heterocycles. The molecule has 1 amide bonds. The number of amides is 1. The van der Waals surface area contributed by atoms with Gasteiger partial charge in [-0.15, -0.1) is 11.3 Å². The van der Waals surface area contributed by atoms with Crippen LogP contribution in [0.2, 0.25) is 0 Å². The van der Waals surface area contributed by atoms with Crippen LogP contribution in [0.15, 0.2) is 24.3 Å². The third kappa shape index (κ3) is 3.44. The standard InChI is InChI=1S/C15H15N3OS/c1-10-11(2)20-15(17-10)18-14(19)13-7-5-12(6-8-13)4-3-9-16/h5-8H,9,16H2,1-2H3,(H,17,18,19). The molecule has 0 saturated carbocycles. The van der Waals surface area contributed by atoms with Gasteiger partial charge >= 0.3 is 0 Å². The molecule has 0 saturated heterocycles. The highest BCUT2D eigenvalue weighted by molar-refractivity contribution is 7.15. The van der Waals surface area contributed by atoms with E-state index in [1.807, 2.05) is 13.8 Å². The van der Waals surface area contributed by atoms with Gasteiger partial charge in [-0.25, -0.2) is 4.98 Å². The van der Waals surface area contributed by atoms with Crippen molar-refractivity contribution >= 4 is 22.4 Å². The summed E-state index contributed by atoms with van der Waals surface area (Å²) >= 11 is 1.47. The van der Waals surface area contributed by atoms with E-state index < -0.39 is 0 Å². The molecule has 0 aliphatic rings. The molecule has 0 unspecified atom stereocenters. The summed E-state index contributed by atoms with van der Waals surface area (Å²) in [5, 5.41) is 3.42. The van der Waals surface area contributed by atoms with Crippen molar-refractivity contribution in [3.8, 4) is 11.8 Å². The highest BCUT2D eigenvalue weighted by Crippen LogP contribution is 2.21. The molecular formula is C15H15N3OS. The summed E-state index contributed by atoms with van der Waals surface area (Å²) in [5.74, 6) is 5.52. The molecule has 0 spiro atoms. The number of aromatic nitrogens is 1. The minimum atomic E-state index is -0.169. The molecule has 0 atom stereocenters. The lowest BCUT2D eigenvalue weighted by atomic mass is 10.1. The van der Waals surface area contributed by atoms with Gasteiger partial charge in [0, 0.05) is 16.0 Å². The van der Waals surface area contributed by atoms with E-state index >= 15 is 0 Å². The fourth-order valence-electron chi connectivity index (χ4n) is 1.55. The molecule has 0 radical (unpaired) electrons. The summed E-state index contributed by atoms with van der Waals surface area (Å²) in [5.41, 5.74) is 7.67. The molecule has 2 rings (SSSR count). The smallest absolute Gasteiger partial charge is 0.257 e. The van der Waals surface area contributed by atoms with Gasteiger partial charge in [0.25, 0.3) is 5.91 Å². The van der Waals surface area contributed by atoms with Crippen molar-refractivity contribution in [2.45, 2.75) is 13.8 Å². The van der Waals surface area contributed by atoms with E-state index in [9.17, 15) is 4.79 Å². The Bertz CT molecular complexity index is 658. The number of hydrogen-bond acceptors (Lipinski definition) is 4. The van der Waals surface area contributed by atoms with Gasteiger partial charge in [-0.3, -0.25) is 10.1 Å². The second kappa shape index (κ2) is 6.33. The molecule has 20 heavy (non-hydrogen) atoms. The molecule has 1 aromatic carbocycles. The van der Waals surface area contributed by atoms with Crippen molar-refractivity contribution in [3.63, 3.8) is 0 Å². The molecule has 5 heteroatoms. The van der Waals surface area contributed by atoms with Crippen LogP contribution in [-0.4, -0.2) is 17.4 Å². The van der Waals surface area contributed by atoms with Crippen molar-refractivity contribution in [2.75, 3.05) is 11.9 Å². The molecular weight excluding hydrogens is 270 g/mol. The third-order valence-corrected chi connectivity index (χ3v) is 3.72. The first-order valence-electron chi connectivity index (χ1n) is 6.14. The number of rotatable bonds is 2. The predicted octanol–water partition coefficient (Wildman–Crippen LogP) is 2.32. The number of nitrogens with two attached hydrogens (primary N) is 1. The first kappa shape index (κ1) is 14.3. The van der Waals surface area contributed by atoms with Crippen LogP contribution in [0, 0.1) is 25.7 Å². The number of nitrogens with zero attached hydrogens (tertiary/aromatic N) is 1. The summed E-state index contributed by atoms with van der Waals surface area (Å²) < 4.78 is 0. The average Bonchev–Trinajstić information content (AvgIpc) is 2.75. The Balaban J connectivity index is 2.09. The Hall–Kier alpha value is -2.16. The Morgan fingerprint density at radius 2 is 2.05 bits per heavy atom. The normalized spacial score (nSPS) is 9.75. The van der Waals surface area contributed by atoms with Gasteiger partial charge in [-0.1, -0.05) is 11.8 Å². The van der Waals surface area contributed by atoms with Crippen LogP contribution >= 0.6 is 11.3 Å². The van der Waals surface area contributed by atoms with E-state index in [1.165, 1.54) is 11.3 Å². The Morgan fingerprint density at radius 1 is 1.35 bits per heavy atom. The Kier molecular flexibility index (Phi) is 4.51. The average molecular weight is 285 g/mol. The van der Waals surface area contributed by atoms with E-state index in [0.717, 1.165) is 16.1 Å². The minimum absolute atomic E-state index is 0.169. The van der Waals surface area contributed by atoms with Gasteiger partial charge in [-0.05, 0) is 38.1 Å². The fraction of sp³-hybridized carbons (Fsp3) is 0.200. The van der Waals surface area contributed by atoms with Crippen LogP contribution in [0.3, 0.4) is 0 Å². The van der Waals surface area contributed by atoms with Crippen molar-refractivity contribution in [1.82, 2.24) is 4.98 Å². The quantitative estimate of drug-likeness (QED) is 0.832. The maximum absolute atomic E-state index is 12.1. The zero-order valence-corrected chi connectivity index (χ0v) is 12.2. The number of nitrogens with one attached hydrogen (secondary N) is 1. The maximum Gasteiger partial charge on any atom is 0.257 e. The summed E-state index contributed by atoms with van der Waals surface area (Å²) in [6.45, 7) is 4.23. The van der Waals surface area contributed by atoms with Crippen LogP contribution in [0.5, 0.6) is 0 Å². The number of carbonyl (C=O) groups is 1. The van der Waals surface area contributed by atoms with Gasteiger partial charge in [-0.2, -0.15) is 0 Å². The zero-order valence-electron chi connectivity index (χ0n) is 11.4. The molecule has 102 valence electrons. The highest BCUT2D eigenvalue weighted by atomic mass is 32.1. The number of anilines is 1. The largest absolute Gasteiger partial charge is 0.320 e. The summed E-state index contributed by atoms with van der Waals surface area (Å²) in [4.78, 5) is 17.4. The van der Waals surface area contributed by atoms with Crippen molar-refractivity contribution in [3.05, 3.63) is 46.0 Å². The monoisotopic (exact) mass is 285 g/mol. The maximum atomic E-state index is 12.1. The van der Waals surface area contributed by atoms with E-state index in [-0.39, 0.29) is 5.91 Å². The second-order valence-corrected chi connectivity index (χ2v) is 5.40. The van der Waals surface area contributed by atoms with Crippen LogP contribution in [0.1, 0.15) is 26.5 Å². The van der Waals surface area contributed by atoms with Gasteiger partial charge < -0.3 is 5.73 Å². The lowest BCUT2D eigenvalue weighted by Crippen LogP contribution is -2.11. The van der Waals surface area contributed by atoms with Gasteiger partial charge in [0.15, 0.2) is 5.13 Å². The molecule has 3 N–H and O–H groups in total. The molecule has 0 fully saturated rings. The minimum Gasteiger partial charge on any atom is -0.320 e. The van der Waals surface area contributed by atoms with Gasteiger partial charge in [0.05, 0.1) is 12.2 Å². The molecule has 0 aliphatic heterocycles. The Labute approximate surface area is 122 Å². The number of benzene rings is 1. The molecule has 2 aromatic rings. The number of aryl methyl sites for hydroxylation is 2. The van der Waals surface area contributed by atoms with E-state index in [4.69, 9.17) is 5.73 Å². The fourth-order valence-corrected chi connectivity index (χ4v) is 2.36. The number of carbonyl (C=O) groups excluding carboxylic acids is 1. The van der Waals surface area contributed by atoms with Gasteiger partial charge in [0.2, 0.25) is 0 Å². The lowest BCUT2D eigenvalue weighted by molar-refractivity contribution is 0.102. The highest BCUT2D eigenvalue weighted by Gasteiger charge is 2.09. The number of hydrogen-bond donors (Lipinski definition) is 2. The molecule has 0 bridgehead atoms. The lowest BCUT2D eigenvalue weighted by Gasteiger charge is -2.01. The van der Waals surface area contributed by atoms with Crippen LogP contribution in [0.25, 0.3) is 0 Å². The number of thiazole rings is 1. The SMILES string of the molecule is Cc1nc(NC(=O)c2ccc(C#CCN)cc2)sc1C. The topological polar surface area (TPSA) is 68.0 Å². The van der Waals surface area contributed by atoms with E-state index in [1.54, 1.807) is 24.3 Å². The van der Waals surface area contributed by atoms with E-state index in [2.05, 4.69) is 22.1 Å². The van der Waals surface area contributed by atoms with Crippen LogP contribution in [-0.2, 0) is 0 Å².